The first-order valence-corrected chi connectivity index (χ1v) is 7.77. The van der Waals surface area contributed by atoms with Gasteiger partial charge in [0, 0.05) is 0 Å². The van der Waals surface area contributed by atoms with E-state index in [2.05, 4.69) is 12.2 Å². The van der Waals surface area contributed by atoms with Crippen LogP contribution in [0.25, 0.3) is 0 Å². The van der Waals surface area contributed by atoms with Crippen molar-refractivity contribution in [2.24, 2.45) is 0 Å². The third kappa shape index (κ3) is 5.72. The first-order valence-electron chi connectivity index (χ1n) is 7.77. The number of epoxide rings is 1. The minimum absolute atomic E-state index is 0.685. The Morgan fingerprint density at radius 1 is 0.588 bits per heavy atom. The third-order valence-corrected chi connectivity index (χ3v) is 4.07. The van der Waals surface area contributed by atoms with Crippen molar-refractivity contribution < 1.29 is 4.74 Å². The Morgan fingerprint density at radius 2 is 1.06 bits per heavy atom. The van der Waals surface area contributed by atoms with E-state index in [4.69, 9.17) is 4.74 Å². The van der Waals surface area contributed by atoms with Gasteiger partial charge in [-0.1, -0.05) is 50.7 Å². The molecule has 1 saturated heterocycles. The molecule has 0 radical (unpaired) electrons. The SMILES string of the molecule is C1=CCCCCCC1.C1CCCC2OC2CC1. The Hall–Kier alpha value is -0.300. The minimum Gasteiger partial charge on any atom is -0.370 e. The molecule has 0 amide bonds. The van der Waals surface area contributed by atoms with Crippen LogP contribution >= 0.6 is 0 Å². The van der Waals surface area contributed by atoms with Gasteiger partial charge in [-0.15, -0.1) is 0 Å². The fourth-order valence-corrected chi connectivity index (χ4v) is 2.85. The topological polar surface area (TPSA) is 12.5 Å². The zero-order chi connectivity index (χ0) is 11.8. The predicted octanol–water partition coefficient (Wildman–Crippen LogP) is 5.00. The highest BCUT2D eigenvalue weighted by Gasteiger charge is 2.37. The second-order valence-electron chi connectivity index (χ2n) is 5.67. The van der Waals surface area contributed by atoms with Crippen molar-refractivity contribution >= 4 is 0 Å². The average molecular weight is 236 g/mol. The number of allylic oxidation sites excluding steroid dienone is 2. The number of ether oxygens (including phenoxy) is 1. The van der Waals surface area contributed by atoms with Crippen molar-refractivity contribution in [3.8, 4) is 0 Å². The van der Waals surface area contributed by atoms with Crippen LogP contribution in [0.1, 0.15) is 77.0 Å². The molecule has 1 heterocycles. The summed E-state index contributed by atoms with van der Waals surface area (Å²) < 4.78 is 5.44. The molecular weight excluding hydrogens is 208 g/mol. The molecule has 17 heavy (non-hydrogen) atoms. The van der Waals surface area contributed by atoms with Crippen LogP contribution < -0.4 is 0 Å². The third-order valence-electron chi connectivity index (χ3n) is 4.07. The minimum atomic E-state index is 0.685. The van der Waals surface area contributed by atoms with Crippen LogP contribution in [0, 0.1) is 0 Å². The molecule has 0 bridgehead atoms. The molecule has 98 valence electrons. The summed E-state index contributed by atoms with van der Waals surface area (Å²) in [6.45, 7) is 0. The molecule has 3 aliphatic rings. The number of rotatable bonds is 0. The average Bonchev–Trinajstić information content (AvgIpc) is 2.95. The highest BCUT2D eigenvalue weighted by Crippen LogP contribution is 2.33. The maximum Gasteiger partial charge on any atom is 0.0841 e. The zero-order valence-electron chi connectivity index (χ0n) is 11.2. The number of fused-ring (bicyclic) bond motifs is 1. The number of hydrogen-bond acceptors (Lipinski definition) is 1. The van der Waals surface area contributed by atoms with Crippen molar-refractivity contribution in [3.63, 3.8) is 0 Å². The van der Waals surface area contributed by atoms with Gasteiger partial charge >= 0.3 is 0 Å². The molecule has 0 aromatic carbocycles. The Kier molecular flexibility index (Phi) is 6.12. The summed E-state index contributed by atoms with van der Waals surface area (Å²) in [5.41, 5.74) is 0. The summed E-state index contributed by atoms with van der Waals surface area (Å²) >= 11 is 0. The van der Waals surface area contributed by atoms with E-state index in [-0.39, 0.29) is 0 Å². The van der Waals surface area contributed by atoms with E-state index in [1.807, 2.05) is 0 Å². The van der Waals surface area contributed by atoms with Crippen molar-refractivity contribution in [2.75, 3.05) is 0 Å². The first kappa shape index (κ1) is 13.1. The molecule has 0 aromatic rings. The van der Waals surface area contributed by atoms with Gasteiger partial charge in [0.05, 0.1) is 12.2 Å². The van der Waals surface area contributed by atoms with Crippen LogP contribution in [-0.4, -0.2) is 12.2 Å². The molecule has 2 unspecified atom stereocenters. The van der Waals surface area contributed by atoms with Gasteiger partial charge in [0.15, 0.2) is 0 Å². The first-order chi connectivity index (χ1) is 8.47. The Balaban J connectivity index is 0.000000128. The van der Waals surface area contributed by atoms with Gasteiger partial charge in [-0.3, -0.25) is 0 Å². The van der Waals surface area contributed by atoms with Gasteiger partial charge in [-0.2, -0.15) is 0 Å². The van der Waals surface area contributed by atoms with Crippen molar-refractivity contribution in [1.82, 2.24) is 0 Å². The van der Waals surface area contributed by atoms with Crippen molar-refractivity contribution in [2.45, 2.75) is 89.3 Å². The quantitative estimate of drug-likeness (QED) is 0.425. The largest absolute Gasteiger partial charge is 0.370 e. The van der Waals surface area contributed by atoms with Gasteiger partial charge in [-0.25, -0.2) is 0 Å². The Bertz CT molecular complexity index is 200. The van der Waals surface area contributed by atoms with Gasteiger partial charge in [0.2, 0.25) is 0 Å². The second kappa shape index (κ2) is 7.92. The van der Waals surface area contributed by atoms with Gasteiger partial charge in [0.25, 0.3) is 0 Å². The molecule has 1 saturated carbocycles. The van der Waals surface area contributed by atoms with E-state index in [1.165, 1.54) is 77.0 Å². The summed E-state index contributed by atoms with van der Waals surface area (Å²) in [5, 5.41) is 0. The standard InChI is InChI=1S/C8H14O.C8H14/c1-2-4-6-8-7(9-8)5-3-1;1-2-4-6-8-7-5-3-1/h7-8H,1-6H2;1-2H,3-8H2. The lowest BCUT2D eigenvalue weighted by Crippen LogP contribution is -1.97. The van der Waals surface area contributed by atoms with Gasteiger partial charge < -0.3 is 4.74 Å². The molecule has 1 aliphatic heterocycles. The van der Waals surface area contributed by atoms with Crippen LogP contribution in [0.5, 0.6) is 0 Å². The van der Waals surface area contributed by atoms with E-state index < -0.39 is 0 Å². The summed E-state index contributed by atoms with van der Waals surface area (Å²) in [5.74, 6) is 0. The fraction of sp³-hybridized carbons (Fsp3) is 0.875. The second-order valence-corrected chi connectivity index (χ2v) is 5.67. The normalized spacial score (nSPS) is 32.9. The smallest absolute Gasteiger partial charge is 0.0841 e. The molecule has 0 aromatic heterocycles. The van der Waals surface area contributed by atoms with Crippen LogP contribution in [0.2, 0.25) is 0 Å². The van der Waals surface area contributed by atoms with Crippen LogP contribution in [0.15, 0.2) is 12.2 Å². The van der Waals surface area contributed by atoms with Crippen LogP contribution in [0.3, 0.4) is 0 Å². The summed E-state index contributed by atoms with van der Waals surface area (Å²) in [4.78, 5) is 0. The molecule has 1 nitrogen and oxygen atoms in total. The molecule has 1 heteroatoms. The Labute approximate surface area is 107 Å². The van der Waals surface area contributed by atoms with Gasteiger partial charge in [0.1, 0.15) is 0 Å². The lowest BCUT2D eigenvalue weighted by molar-refractivity contribution is 0.358. The Morgan fingerprint density at radius 3 is 1.59 bits per heavy atom. The van der Waals surface area contributed by atoms with E-state index in [9.17, 15) is 0 Å². The highest BCUT2D eigenvalue weighted by molar-refractivity contribution is 4.85. The maximum atomic E-state index is 5.44. The van der Waals surface area contributed by atoms with Crippen LogP contribution in [-0.2, 0) is 4.74 Å². The molecule has 2 atom stereocenters. The molecular formula is C16H28O. The molecule has 2 fully saturated rings. The van der Waals surface area contributed by atoms with Crippen molar-refractivity contribution in [1.29, 1.82) is 0 Å². The van der Waals surface area contributed by atoms with E-state index >= 15 is 0 Å². The van der Waals surface area contributed by atoms with E-state index in [0.717, 1.165) is 0 Å². The lowest BCUT2D eigenvalue weighted by Gasteiger charge is -2.01. The zero-order valence-corrected chi connectivity index (χ0v) is 11.2. The predicted molar refractivity (Wildman–Crippen MR) is 73.2 cm³/mol. The molecule has 0 spiro atoms. The van der Waals surface area contributed by atoms with E-state index in [1.54, 1.807) is 0 Å². The fourth-order valence-electron chi connectivity index (χ4n) is 2.85. The van der Waals surface area contributed by atoms with E-state index in [0.29, 0.717) is 12.2 Å². The maximum absolute atomic E-state index is 5.44. The van der Waals surface area contributed by atoms with Crippen LogP contribution in [0.4, 0.5) is 0 Å². The molecule has 0 N–H and O–H groups in total. The lowest BCUT2D eigenvalue weighted by atomic mass is 10.0. The van der Waals surface area contributed by atoms with Crippen molar-refractivity contribution in [3.05, 3.63) is 12.2 Å². The monoisotopic (exact) mass is 236 g/mol. The van der Waals surface area contributed by atoms with Gasteiger partial charge in [-0.05, 0) is 38.5 Å². The summed E-state index contributed by atoms with van der Waals surface area (Å²) in [7, 11) is 0. The summed E-state index contributed by atoms with van der Waals surface area (Å²) in [6, 6.07) is 0. The molecule has 2 aliphatic carbocycles. The summed E-state index contributed by atoms with van der Waals surface area (Å²) in [6.07, 6.45) is 22.7. The highest BCUT2D eigenvalue weighted by atomic mass is 16.6. The molecule has 3 rings (SSSR count). The number of hydrogen-bond donors (Lipinski definition) is 0.